The summed E-state index contributed by atoms with van der Waals surface area (Å²) in [7, 11) is 0. The summed E-state index contributed by atoms with van der Waals surface area (Å²) in [6.07, 6.45) is 8.17. The molecule has 3 rings (SSSR count). The van der Waals surface area contributed by atoms with Crippen LogP contribution in [0.2, 0.25) is 0 Å². The van der Waals surface area contributed by atoms with Gasteiger partial charge >= 0.3 is 0 Å². The van der Waals surface area contributed by atoms with Crippen molar-refractivity contribution in [1.29, 1.82) is 0 Å². The van der Waals surface area contributed by atoms with Crippen molar-refractivity contribution in [1.82, 2.24) is 24.4 Å². The molecule has 1 aliphatic rings. The molecule has 2 aromatic rings. The number of aromatic nitrogens is 5. The van der Waals surface area contributed by atoms with Gasteiger partial charge in [-0.05, 0) is 29.7 Å². The lowest BCUT2D eigenvalue weighted by Gasteiger charge is -2.09. The van der Waals surface area contributed by atoms with Gasteiger partial charge in [0.1, 0.15) is 12.4 Å². The second-order valence-electron chi connectivity index (χ2n) is 4.20. The summed E-state index contributed by atoms with van der Waals surface area (Å²) < 4.78 is 1.98. The van der Waals surface area contributed by atoms with Gasteiger partial charge in [0.25, 0.3) is 0 Å². The van der Waals surface area contributed by atoms with Gasteiger partial charge in [-0.3, -0.25) is 5.10 Å². The van der Waals surface area contributed by atoms with Gasteiger partial charge in [0.2, 0.25) is 0 Å². The third kappa shape index (κ3) is 2.77. The lowest BCUT2D eigenvalue weighted by atomic mass is 10.1. The van der Waals surface area contributed by atoms with Crippen LogP contribution >= 0.6 is 11.1 Å². The molecular weight excluding hydrogens is 262 g/mol. The SMILES string of the molecule is OC(CCc1ccn([SH]2C=CC=C2)n1)c1nc[nH]n1. The molecule has 0 amide bonds. The van der Waals surface area contributed by atoms with E-state index in [4.69, 9.17) is 0 Å². The first kappa shape index (κ1) is 12.2. The van der Waals surface area contributed by atoms with Gasteiger partial charge in [0, 0.05) is 6.20 Å². The van der Waals surface area contributed by atoms with Crippen LogP contribution in [-0.2, 0) is 6.42 Å². The highest BCUT2D eigenvalue weighted by Gasteiger charge is 2.12. The topological polar surface area (TPSA) is 79.6 Å². The predicted octanol–water partition coefficient (Wildman–Crippen LogP) is 1.47. The molecule has 1 atom stereocenters. The Morgan fingerprint density at radius 3 is 2.95 bits per heavy atom. The van der Waals surface area contributed by atoms with Crippen LogP contribution in [0, 0.1) is 0 Å². The second-order valence-corrected chi connectivity index (χ2v) is 5.97. The zero-order chi connectivity index (χ0) is 13.1. The molecule has 0 fully saturated rings. The Labute approximate surface area is 113 Å². The molecule has 0 radical (unpaired) electrons. The molecule has 3 heterocycles. The van der Waals surface area contributed by atoms with E-state index in [-0.39, 0.29) is 0 Å². The van der Waals surface area contributed by atoms with E-state index in [9.17, 15) is 5.11 Å². The van der Waals surface area contributed by atoms with Gasteiger partial charge in [0.15, 0.2) is 5.82 Å². The Bertz CT molecular complexity index is 577. The number of aliphatic hydroxyl groups is 1. The number of thiol groups is 1. The van der Waals surface area contributed by atoms with Gasteiger partial charge in [-0.15, -0.1) is 11.1 Å². The molecule has 0 saturated carbocycles. The molecule has 0 aromatic carbocycles. The molecule has 7 heteroatoms. The number of nitrogens with zero attached hydrogens (tertiary/aromatic N) is 4. The fourth-order valence-electron chi connectivity index (χ4n) is 1.87. The summed E-state index contributed by atoms with van der Waals surface area (Å²) in [6, 6.07) is 1.99. The molecule has 1 aliphatic heterocycles. The molecular formula is C12H15N5OS. The van der Waals surface area contributed by atoms with Gasteiger partial charge in [-0.25, -0.2) is 9.07 Å². The first-order chi connectivity index (χ1) is 9.33. The lowest BCUT2D eigenvalue weighted by molar-refractivity contribution is 0.158. The Morgan fingerprint density at radius 1 is 1.37 bits per heavy atom. The zero-order valence-corrected chi connectivity index (χ0v) is 11.1. The maximum atomic E-state index is 9.89. The summed E-state index contributed by atoms with van der Waals surface area (Å²) >= 11 is -0.429. The van der Waals surface area contributed by atoms with Crippen molar-refractivity contribution >= 4 is 11.1 Å². The first-order valence-corrected chi connectivity index (χ1v) is 7.48. The van der Waals surface area contributed by atoms with Crippen molar-refractivity contribution in [3.05, 3.63) is 53.1 Å². The highest BCUT2D eigenvalue weighted by atomic mass is 32.2. The van der Waals surface area contributed by atoms with Crippen molar-refractivity contribution < 1.29 is 5.11 Å². The Kier molecular flexibility index (Phi) is 3.47. The van der Waals surface area contributed by atoms with Crippen LogP contribution in [0.15, 0.2) is 41.6 Å². The average Bonchev–Trinajstić information content (AvgIpc) is 3.14. The Hall–Kier alpha value is -1.86. The number of aromatic amines is 1. The minimum atomic E-state index is -0.645. The maximum absolute atomic E-state index is 9.89. The number of allylic oxidation sites excluding steroid dienone is 2. The van der Waals surface area contributed by atoms with Crippen LogP contribution in [0.4, 0.5) is 0 Å². The Balaban J connectivity index is 1.58. The van der Waals surface area contributed by atoms with E-state index in [1.165, 1.54) is 6.33 Å². The fourth-order valence-corrected chi connectivity index (χ4v) is 3.23. The maximum Gasteiger partial charge on any atom is 0.178 e. The predicted molar refractivity (Wildman–Crippen MR) is 74.6 cm³/mol. The summed E-state index contributed by atoms with van der Waals surface area (Å²) in [5.41, 5.74) is 0.978. The van der Waals surface area contributed by atoms with Crippen LogP contribution < -0.4 is 0 Å². The quantitative estimate of drug-likeness (QED) is 0.723. The number of nitrogens with one attached hydrogen (secondary N) is 1. The molecule has 0 bridgehead atoms. The molecule has 2 aromatic heterocycles. The standard InChI is InChI=1S/C12H15N5OS/c18-11(12-13-9-14-15-12)4-3-10-5-6-17(16-10)19-7-1-2-8-19/h1-2,5-9,11,18-19H,3-4H2,(H,13,14,15). The normalized spacial score (nSPS) is 17.2. The van der Waals surface area contributed by atoms with E-state index < -0.39 is 17.2 Å². The molecule has 0 saturated heterocycles. The number of H-pyrrole nitrogens is 1. The van der Waals surface area contributed by atoms with Gasteiger partial charge in [-0.2, -0.15) is 10.2 Å². The van der Waals surface area contributed by atoms with Gasteiger partial charge in [-0.1, -0.05) is 12.2 Å². The molecule has 100 valence electrons. The smallest absolute Gasteiger partial charge is 0.178 e. The van der Waals surface area contributed by atoms with E-state index in [1.807, 2.05) is 28.5 Å². The van der Waals surface area contributed by atoms with Crippen molar-refractivity contribution in [3.8, 4) is 0 Å². The van der Waals surface area contributed by atoms with Crippen molar-refractivity contribution in [2.45, 2.75) is 18.9 Å². The van der Waals surface area contributed by atoms with Gasteiger partial charge in [0.05, 0.1) is 5.69 Å². The summed E-state index contributed by atoms with van der Waals surface area (Å²) in [6.45, 7) is 0. The number of hydrogen-bond donors (Lipinski definition) is 3. The van der Waals surface area contributed by atoms with Crippen LogP contribution in [-0.4, -0.2) is 29.5 Å². The third-order valence-electron chi connectivity index (χ3n) is 2.86. The van der Waals surface area contributed by atoms with Crippen LogP contribution in [0.3, 0.4) is 0 Å². The molecule has 1 unspecified atom stereocenters. The second kappa shape index (κ2) is 5.41. The zero-order valence-electron chi connectivity index (χ0n) is 10.2. The highest BCUT2D eigenvalue weighted by molar-refractivity contribution is 8.20. The van der Waals surface area contributed by atoms with Crippen LogP contribution in [0.25, 0.3) is 0 Å². The largest absolute Gasteiger partial charge is 0.385 e. The van der Waals surface area contributed by atoms with E-state index in [1.54, 1.807) is 0 Å². The van der Waals surface area contributed by atoms with E-state index >= 15 is 0 Å². The molecule has 6 nitrogen and oxygen atoms in total. The van der Waals surface area contributed by atoms with E-state index in [0.29, 0.717) is 18.7 Å². The minimum Gasteiger partial charge on any atom is -0.385 e. The summed E-state index contributed by atoms with van der Waals surface area (Å²) in [5, 5.41) is 25.2. The highest BCUT2D eigenvalue weighted by Crippen LogP contribution is 2.33. The number of rotatable bonds is 5. The first-order valence-electron chi connectivity index (χ1n) is 6.05. The van der Waals surface area contributed by atoms with Crippen molar-refractivity contribution in [3.63, 3.8) is 0 Å². The molecule has 2 N–H and O–H groups in total. The summed E-state index contributed by atoms with van der Waals surface area (Å²) in [4.78, 5) is 3.94. The van der Waals surface area contributed by atoms with Crippen molar-refractivity contribution in [2.24, 2.45) is 0 Å². The molecule has 0 spiro atoms. The lowest BCUT2D eigenvalue weighted by Crippen LogP contribution is -2.02. The molecule has 19 heavy (non-hydrogen) atoms. The summed E-state index contributed by atoms with van der Waals surface area (Å²) in [5.74, 6) is 0.436. The van der Waals surface area contributed by atoms with E-state index in [2.05, 4.69) is 31.1 Å². The third-order valence-corrected chi connectivity index (χ3v) is 4.51. The Morgan fingerprint density at radius 2 is 2.21 bits per heavy atom. The number of hydrogen-bond acceptors (Lipinski definition) is 4. The molecule has 0 aliphatic carbocycles. The van der Waals surface area contributed by atoms with Crippen molar-refractivity contribution in [2.75, 3.05) is 0 Å². The number of aryl methyl sites for hydroxylation is 1. The monoisotopic (exact) mass is 277 g/mol. The fraction of sp³-hybridized carbons (Fsp3) is 0.250. The van der Waals surface area contributed by atoms with Gasteiger partial charge < -0.3 is 5.11 Å². The van der Waals surface area contributed by atoms with Crippen LogP contribution in [0.1, 0.15) is 24.0 Å². The average molecular weight is 277 g/mol. The minimum absolute atomic E-state index is 0.429. The van der Waals surface area contributed by atoms with E-state index in [0.717, 1.165) is 5.69 Å². The number of aliphatic hydroxyl groups excluding tert-OH is 1. The van der Waals surface area contributed by atoms with Crippen LogP contribution in [0.5, 0.6) is 0 Å².